The van der Waals surface area contributed by atoms with E-state index in [1.165, 1.54) is 0 Å². The Balaban J connectivity index is 2.20. The van der Waals surface area contributed by atoms with E-state index in [9.17, 15) is 10.1 Å². The van der Waals surface area contributed by atoms with Gasteiger partial charge in [-0.25, -0.2) is 0 Å². The van der Waals surface area contributed by atoms with E-state index in [1.54, 1.807) is 31.3 Å². The lowest BCUT2D eigenvalue weighted by atomic mass is 9.73. The Bertz CT molecular complexity index is 886. The van der Waals surface area contributed by atoms with Crippen LogP contribution in [0.15, 0.2) is 42.5 Å². The molecule has 5 heteroatoms. The van der Waals surface area contributed by atoms with Crippen LogP contribution in [0.4, 0.5) is 0 Å². The quantitative estimate of drug-likeness (QED) is 0.828. The Kier molecular flexibility index (Phi) is 5.09. The molecule has 1 aliphatic rings. The highest BCUT2D eigenvalue weighted by atomic mass is 16.5. The van der Waals surface area contributed by atoms with E-state index in [2.05, 4.69) is 6.07 Å². The van der Waals surface area contributed by atoms with Gasteiger partial charge < -0.3 is 14.4 Å². The lowest BCUT2D eigenvalue weighted by Crippen LogP contribution is -2.55. The average Bonchev–Trinajstić information content (AvgIpc) is 2.71. The van der Waals surface area contributed by atoms with E-state index in [1.807, 2.05) is 44.2 Å². The zero-order valence-electron chi connectivity index (χ0n) is 16.2. The molecule has 0 bridgehead atoms. The summed E-state index contributed by atoms with van der Waals surface area (Å²) in [6.07, 6.45) is 0.657. The number of benzene rings is 2. The average molecular weight is 364 g/mol. The molecule has 140 valence electrons. The highest BCUT2D eigenvalue weighted by Crippen LogP contribution is 2.45. The van der Waals surface area contributed by atoms with Crippen molar-refractivity contribution in [2.45, 2.75) is 25.8 Å². The van der Waals surface area contributed by atoms with Crippen LogP contribution < -0.4 is 9.47 Å². The van der Waals surface area contributed by atoms with Gasteiger partial charge in [0.2, 0.25) is 0 Å². The standard InChI is InChI=1S/C22H24N2O3/c1-15(2)22(14-23)18-13-20(27-4)19(26-3)12-17(18)10-11-24(22)21(25)16-8-6-5-7-9-16/h5-9,12-13,15H,10-11H2,1-4H3. The topological polar surface area (TPSA) is 62.6 Å². The predicted octanol–water partition coefficient (Wildman–Crippen LogP) is 3.78. The smallest absolute Gasteiger partial charge is 0.255 e. The fourth-order valence-electron chi connectivity index (χ4n) is 3.91. The van der Waals surface area contributed by atoms with Crippen LogP contribution in [-0.2, 0) is 12.0 Å². The van der Waals surface area contributed by atoms with Crippen LogP contribution in [0.2, 0.25) is 0 Å². The molecule has 0 saturated heterocycles. The van der Waals surface area contributed by atoms with Gasteiger partial charge in [-0.15, -0.1) is 0 Å². The minimum atomic E-state index is -1.07. The molecule has 1 aliphatic heterocycles. The molecule has 2 aromatic rings. The number of rotatable bonds is 4. The van der Waals surface area contributed by atoms with Crippen molar-refractivity contribution < 1.29 is 14.3 Å². The first-order chi connectivity index (χ1) is 13.0. The van der Waals surface area contributed by atoms with Crippen molar-refractivity contribution in [1.82, 2.24) is 4.90 Å². The van der Waals surface area contributed by atoms with Crippen LogP contribution in [0.25, 0.3) is 0 Å². The van der Waals surface area contributed by atoms with Gasteiger partial charge in [0.05, 0.1) is 20.3 Å². The van der Waals surface area contributed by atoms with E-state index in [0.717, 1.165) is 11.1 Å². The van der Waals surface area contributed by atoms with Crippen molar-refractivity contribution >= 4 is 5.91 Å². The Morgan fingerprint density at radius 2 is 1.78 bits per heavy atom. The maximum Gasteiger partial charge on any atom is 0.255 e. The minimum Gasteiger partial charge on any atom is -0.493 e. The van der Waals surface area contributed by atoms with Crippen LogP contribution in [0.5, 0.6) is 11.5 Å². The van der Waals surface area contributed by atoms with E-state index in [0.29, 0.717) is 30.0 Å². The number of hydrogen-bond donors (Lipinski definition) is 0. The number of nitriles is 1. The summed E-state index contributed by atoms with van der Waals surface area (Å²) in [6, 6.07) is 15.4. The number of amides is 1. The summed E-state index contributed by atoms with van der Waals surface area (Å²) in [7, 11) is 3.17. The molecule has 3 rings (SSSR count). The molecule has 0 aliphatic carbocycles. The molecule has 1 atom stereocenters. The van der Waals surface area contributed by atoms with Crippen molar-refractivity contribution in [3.63, 3.8) is 0 Å². The van der Waals surface area contributed by atoms with Gasteiger partial charge in [-0.2, -0.15) is 5.26 Å². The van der Waals surface area contributed by atoms with Gasteiger partial charge in [0.25, 0.3) is 5.91 Å². The zero-order chi connectivity index (χ0) is 19.6. The number of hydrogen-bond acceptors (Lipinski definition) is 4. The minimum absolute atomic E-state index is 0.104. The second-order valence-electron chi connectivity index (χ2n) is 6.97. The van der Waals surface area contributed by atoms with Gasteiger partial charge in [-0.05, 0) is 47.7 Å². The van der Waals surface area contributed by atoms with Crippen molar-refractivity contribution in [1.29, 1.82) is 5.26 Å². The second-order valence-corrected chi connectivity index (χ2v) is 6.97. The molecule has 1 heterocycles. The summed E-state index contributed by atoms with van der Waals surface area (Å²) < 4.78 is 10.9. The molecule has 0 radical (unpaired) electrons. The molecule has 0 N–H and O–H groups in total. The third-order valence-electron chi connectivity index (χ3n) is 5.32. The fraction of sp³-hybridized carbons (Fsp3) is 0.364. The van der Waals surface area contributed by atoms with Crippen molar-refractivity contribution in [3.05, 3.63) is 59.2 Å². The molecule has 27 heavy (non-hydrogen) atoms. The Morgan fingerprint density at radius 3 is 2.33 bits per heavy atom. The predicted molar refractivity (Wildman–Crippen MR) is 103 cm³/mol. The van der Waals surface area contributed by atoms with Crippen LogP contribution >= 0.6 is 0 Å². The number of nitrogens with zero attached hydrogens (tertiary/aromatic N) is 2. The molecule has 0 saturated carbocycles. The summed E-state index contributed by atoms with van der Waals surface area (Å²) in [6.45, 7) is 4.42. The molecule has 2 aromatic carbocycles. The van der Waals surface area contributed by atoms with Gasteiger partial charge in [0, 0.05) is 12.1 Å². The van der Waals surface area contributed by atoms with Crippen LogP contribution in [-0.4, -0.2) is 31.6 Å². The lowest BCUT2D eigenvalue weighted by Gasteiger charge is -2.46. The Hall–Kier alpha value is -3.00. The summed E-state index contributed by atoms with van der Waals surface area (Å²) in [5.74, 6) is 0.957. The van der Waals surface area contributed by atoms with Gasteiger partial charge in [-0.3, -0.25) is 4.79 Å². The van der Waals surface area contributed by atoms with Crippen LogP contribution in [0.3, 0.4) is 0 Å². The van der Waals surface area contributed by atoms with Gasteiger partial charge in [-0.1, -0.05) is 32.0 Å². The highest BCUT2D eigenvalue weighted by molar-refractivity contribution is 5.95. The summed E-state index contributed by atoms with van der Waals surface area (Å²) >= 11 is 0. The van der Waals surface area contributed by atoms with E-state index in [-0.39, 0.29) is 11.8 Å². The molecule has 1 amide bonds. The van der Waals surface area contributed by atoms with Crippen LogP contribution in [0.1, 0.15) is 35.3 Å². The Morgan fingerprint density at radius 1 is 1.15 bits per heavy atom. The first kappa shape index (κ1) is 18.8. The van der Waals surface area contributed by atoms with Crippen molar-refractivity contribution in [2.75, 3.05) is 20.8 Å². The molecule has 0 spiro atoms. The van der Waals surface area contributed by atoms with Crippen molar-refractivity contribution in [2.24, 2.45) is 5.92 Å². The molecule has 5 nitrogen and oxygen atoms in total. The summed E-state index contributed by atoms with van der Waals surface area (Å²) in [4.78, 5) is 15.0. The maximum atomic E-state index is 13.3. The van der Waals surface area contributed by atoms with E-state index < -0.39 is 5.54 Å². The maximum absolute atomic E-state index is 13.3. The van der Waals surface area contributed by atoms with Gasteiger partial charge in [0.15, 0.2) is 17.0 Å². The first-order valence-corrected chi connectivity index (χ1v) is 9.03. The lowest BCUT2D eigenvalue weighted by molar-refractivity contribution is 0.0439. The van der Waals surface area contributed by atoms with Crippen LogP contribution in [0, 0.1) is 17.2 Å². The normalized spacial score (nSPS) is 18.6. The van der Waals surface area contributed by atoms with Crippen molar-refractivity contribution in [3.8, 4) is 17.6 Å². The summed E-state index contributed by atoms with van der Waals surface area (Å²) in [5, 5.41) is 10.3. The first-order valence-electron chi connectivity index (χ1n) is 9.03. The summed E-state index contributed by atoms with van der Waals surface area (Å²) in [5.41, 5.74) is 1.34. The zero-order valence-corrected chi connectivity index (χ0v) is 16.2. The molecule has 0 fully saturated rings. The largest absolute Gasteiger partial charge is 0.493 e. The monoisotopic (exact) mass is 364 g/mol. The van der Waals surface area contributed by atoms with Gasteiger partial charge >= 0.3 is 0 Å². The number of methoxy groups -OCH3 is 2. The number of ether oxygens (including phenoxy) is 2. The molecule has 1 unspecified atom stereocenters. The number of fused-ring (bicyclic) bond motifs is 1. The number of carbonyl (C=O) groups excluding carboxylic acids is 1. The van der Waals surface area contributed by atoms with Gasteiger partial charge in [0.1, 0.15) is 0 Å². The highest BCUT2D eigenvalue weighted by Gasteiger charge is 2.48. The fourth-order valence-corrected chi connectivity index (χ4v) is 3.91. The third kappa shape index (κ3) is 2.91. The molecular weight excluding hydrogens is 340 g/mol. The molecular formula is C22H24N2O3. The Labute approximate surface area is 160 Å². The van der Waals surface area contributed by atoms with E-state index in [4.69, 9.17) is 9.47 Å². The SMILES string of the molecule is COc1cc2c(cc1OC)C(C#N)(C(C)C)N(C(=O)c1ccccc1)CC2. The van der Waals surface area contributed by atoms with E-state index >= 15 is 0 Å². The second kappa shape index (κ2) is 7.32. The number of carbonyl (C=O) groups is 1. The third-order valence-corrected chi connectivity index (χ3v) is 5.32. The molecule has 0 aromatic heterocycles.